The molecule has 0 spiro atoms. The number of unbranched alkanes of at least 4 members (excludes halogenated alkanes) is 12. The van der Waals surface area contributed by atoms with Crippen LogP contribution in [0.25, 0.3) is 0 Å². The third-order valence-corrected chi connectivity index (χ3v) is 6.00. The van der Waals surface area contributed by atoms with Gasteiger partial charge in [-0.25, -0.2) is 4.79 Å². The summed E-state index contributed by atoms with van der Waals surface area (Å²) in [5, 5.41) is 9.41. The molecular formula is C22H38NaO10P. The summed E-state index contributed by atoms with van der Waals surface area (Å²) < 4.78 is 24.5. The van der Waals surface area contributed by atoms with Gasteiger partial charge in [0.2, 0.25) is 18.0 Å². The Kier molecular flexibility index (Phi) is 18.7. The molecule has 0 bridgehead atoms. The molecule has 10 nitrogen and oxygen atoms in total. The first-order valence-electron chi connectivity index (χ1n) is 12.0. The summed E-state index contributed by atoms with van der Waals surface area (Å²) in [7, 11) is -5.36. The van der Waals surface area contributed by atoms with Crippen LogP contribution in [0.5, 0.6) is 0 Å². The topological polar surface area (TPSA) is 159 Å². The van der Waals surface area contributed by atoms with E-state index >= 15 is 0 Å². The predicted octanol–water partition coefficient (Wildman–Crippen LogP) is -0.284. The number of ketones is 1. The number of phosphoric acid groups is 1. The van der Waals surface area contributed by atoms with Crippen molar-refractivity contribution in [3.8, 4) is 0 Å². The number of Topliss-reactive ketones (excluding diaryl/α,β-unsaturated/α-hetero) is 1. The van der Waals surface area contributed by atoms with Crippen molar-refractivity contribution in [3.63, 3.8) is 0 Å². The van der Waals surface area contributed by atoms with Crippen molar-refractivity contribution < 1.29 is 77.4 Å². The van der Waals surface area contributed by atoms with Crippen molar-refractivity contribution in [1.29, 1.82) is 0 Å². The number of hydrogen-bond acceptors (Lipinski definition) is 9. The molecular weight excluding hydrogens is 478 g/mol. The Hall–Kier alpha value is -0.320. The zero-order valence-electron chi connectivity index (χ0n) is 20.4. The van der Waals surface area contributed by atoms with E-state index in [4.69, 9.17) is 9.63 Å². The van der Waals surface area contributed by atoms with E-state index in [9.17, 15) is 28.9 Å². The number of carbonyl (C=O) groups excluding carboxylic acids is 3. The summed E-state index contributed by atoms with van der Waals surface area (Å²) >= 11 is 0. The van der Waals surface area contributed by atoms with Crippen molar-refractivity contribution in [2.24, 2.45) is 0 Å². The Morgan fingerprint density at radius 1 is 1.00 bits per heavy atom. The average molecular weight is 517 g/mol. The fraction of sp³-hybridized carbons (Fsp3) is 0.864. The largest absolute Gasteiger partial charge is 1.00 e. The quantitative estimate of drug-likeness (QED) is 0.0768. The molecule has 0 amide bonds. The van der Waals surface area contributed by atoms with Crippen LogP contribution in [0.3, 0.4) is 0 Å². The summed E-state index contributed by atoms with van der Waals surface area (Å²) in [6.07, 6.45) is 9.80. The summed E-state index contributed by atoms with van der Waals surface area (Å²) in [4.78, 5) is 55.2. The number of hydrogen-bond donors (Lipinski definition) is 2. The minimum atomic E-state index is -5.36. The first-order valence-corrected chi connectivity index (χ1v) is 13.5. The molecule has 0 saturated carbocycles. The normalized spacial score (nSPS) is 20.4. The van der Waals surface area contributed by atoms with Crippen LogP contribution in [0, 0.1) is 0 Å². The SMILES string of the molecule is CCCCCCCCCCCCCCCC(=O)O[C@H](CO)[C@H]1OC(=O)C(OP(=O)([O-])O)C1=O.[Na+]. The molecule has 2 unspecified atom stereocenters. The van der Waals surface area contributed by atoms with Gasteiger partial charge in [0.25, 0.3) is 7.82 Å². The molecule has 192 valence electrons. The monoisotopic (exact) mass is 516 g/mol. The number of esters is 2. The zero-order chi connectivity index (χ0) is 24.7. The van der Waals surface area contributed by atoms with Crippen LogP contribution in [0.2, 0.25) is 0 Å². The van der Waals surface area contributed by atoms with Gasteiger partial charge in [0.05, 0.1) is 6.61 Å². The van der Waals surface area contributed by atoms with Crippen LogP contribution in [-0.2, 0) is 32.9 Å². The molecule has 1 fully saturated rings. The number of aliphatic hydroxyl groups excluding tert-OH is 1. The van der Waals surface area contributed by atoms with Crippen LogP contribution in [0.1, 0.15) is 96.8 Å². The fourth-order valence-electron chi connectivity index (χ4n) is 3.71. The number of phosphoric ester groups is 1. The number of aliphatic hydroxyl groups is 1. The first kappa shape index (κ1) is 33.7. The van der Waals surface area contributed by atoms with Crippen LogP contribution >= 0.6 is 7.82 Å². The first-order chi connectivity index (χ1) is 15.7. The van der Waals surface area contributed by atoms with E-state index in [0.717, 1.165) is 19.3 Å². The Bertz CT molecular complexity index is 654. The van der Waals surface area contributed by atoms with Crippen LogP contribution < -0.4 is 34.5 Å². The number of ether oxygens (including phenoxy) is 2. The van der Waals surface area contributed by atoms with Crippen LogP contribution in [0.15, 0.2) is 0 Å². The third kappa shape index (κ3) is 14.3. The number of cyclic esters (lactones) is 1. The standard InChI is InChI=1S/C22H39O10P.Na/c1-2-3-4-5-6-7-8-9-10-11-12-13-14-15-18(24)30-17(16-23)20-19(25)21(22(26)31-20)32-33(27,28)29;/h17,20-21,23H,2-16H2,1H3,(H2,27,28,29);/q;+1/p-1/t17-,20-,21?;/m1./s1. The summed E-state index contributed by atoms with van der Waals surface area (Å²) in [6, 6.07) is 0. The predicted molar refractivity (Wildman–Crippen MR) is 117 cm³/mol. The molecule has 0 aromatic carbocycles. The molecule has 1 aliphatic rings. The molecule has 4 atom stereocenters. The fourth-order valence-corrected chi connectivity index (χ4v) is 4.16. The van der Waals surface area contributed by atoms with Gasteiger partial charge in [-0.3, -0.25) is 18.7 Å². The van der Waals surface area contributed by atoms with E-state index in [1.54, 1.807) is 0 Å². The molecule has 1 heterocycles. The van der Waals surface area contributed by atoms with Gasteiger partial charge in [0.1, 0.15) is 0 Å². The molecule has 34 heavy (non-hydrogen) atoms. The van der Waals surface area contributed by atoms with Crippen molar-refractivity contribution in [3.05, 3.63) is 0 Å². The second-order valence-electron chi connectivity index (χ2n) is 8.42. The Morgan fingerprint density at radius 2 is 1.47 bits per heavy atom. The second-order valence-corrected chi connectivity index (χ2v) is 9.57. The number of rotatable bonds is 19. The van der Waals surface area contributed by atoms with Gasteiger partial charge in [-0.15, -0.1) is 0 Å². The maximum absolute atomic E-state index is 12.1. The second kappa shape index (κ2) is 18.9. The average Bonchev–Trinajstić information content (AvgIpc) is 3.02. The summed E-state index contributed by atoms with van der Waals surface area (Å²) in [6.45, 7) is 1.41. The Morgan fingerprint density at radius 3 is 1.91 bits per heavy atom. The minimum absolute atomic E-state index is 0. The molecule has 1 saturated heterocycles. The molecule has 0 aliphatic carbocycles. The van der Waals surface area contributed by atoms with E-state index in [1.165, 1.54) is 57.8 Å². The van der Waals surface area contributed by atoms with E-state index < -0.39 is 50.5 Å². The van der Waals surface area contributed by atoms with Gasteiger partial charge >= 0.3 is 41.5 Å². The van der Waals surface area contributed by atoms with Crippen molar-refractivity contribution >= 4 is 25.5 Å². The molecule has 0 aromatic heterocycles. The van der Waals surface area contributed by atoms with Gasteiger partial charge in [-0.1, -0.05) is 84.0 Å². The van der Waals surface area contributed by atoms with Crippen LogP contribution in [0.4, 0.5) is 0 Å². The summed E-state index contributed by atoms with van der Waals surface area (Å²) in [5.74, 6) is -3.17. The van der Waals surface area contributed by atoms with Gasteiger partial charge in [-0.05, 0) is 6.42 Å². The summed E-state index contributed by atoms with van der Waals surface area (Å²) in [5.41, 5.74) is 0. The smallest absolute Gasteiger partial charge is 0.756 e. The third-order valence-electron chi connectivity index (χ3n) is 5.52. The van der Waals surface area contributed by atoms with Gasteiger partial charge < -0.3 is 24.4 Å². The zero-order valence-corrected chi connectivity index (χ0v) is 23.3. The number of carbonyl (C=O) groups is 3. The van der Waals surface area contributed by atoms with E-state index in [-0.39, 0.29) is 36.0 Å². The molecule has 1 rings (SSSR count). The van der Waals surface area contributed by atoms with E-state index in [1.807, 2.05) is 0 Å². The Labute approximate surface area is 224 Å². The van der Waals surface area contributed by atoms with Crippen molar-refractivity contribution in [2.75, 3.05) is 6.61 Å². The van der Waals surface area contributed by atoms with Gasteiger partial charge in [0, 0.05) is 6.42 Å². The van der Waals surface area contributed by atoms with Crippen molar-refractivity contribution in [2.45, 2.75) is 115 Å². The van der Waals surface area contributed by atoms with E-state index in [0.29, 0.717) is 6.42 Å². The maximum atomic E-state index is 12.1. The maximum Gasteiger partial charge on any atom is 1.00 e. The molecule has 1 aliphatic heterocycles. The molecule has 12 heteroatoms. The van der Waals surface area contributed by atoms with Gasteiger partial charge in [0.15, 0.2) is 6.10 Å². The minimum Gasteiger partial charge on any atom is -0.756 e. The van der Waals surface area contributed by atoms with E-state index in [2.05, 4.69) is 16.2 Å². The Balaban J connectivity index is 0.0000109. The van der Waals surface area contributed by atoms with Crippen molar-refractivity contribution in [1.82, 2.24) is 0 Å². The molecule has 0 radical (unpaired) electrons. The molecule has 2 N–H and O–H groups in total. The molecule has 0 aromatic rings. The van der Waals surface area contributed by atoms with Gasteiger partial charge in [-0.2, -0.15) is 0 Å². The van der Waals surface area contributed by atoms with Crippen LogP contribution in [-0.4, -0.2) is 52.6 Å².